The molecule has 0 aliphatic carbocycles. The number of benzene rings is 2. The number of thiocarbonyl (C=S) groups is 1. The summed E-state index contributed by atoms with van der Waals surface area (Å²) in [5.74, 6) is 0.641. The van der Waals surface area contributed by atoms with Crippen molar-refractivity contribution in [3.8, 4) is 11.3 Å². The van der Waals surface area contributed by atoms with Gasteiger partial charge >= 0.3 is 0 Å². The van der Waals surface area contributed by atoms with E-state index >= 15 is 0 Å². The molecule has 1 aliphatic rings. The average Bonchev–Trinajstić information content (AvgIpc) is 3.29. The van der Waals surface area contributed by atoms with Gasteiger partial charge in [0.05, 0.1) is 15.5 Å². The number of furan rings is 1. The second-order valence-electron chi connectivity index (χ2n) is 6.91. The SMILES string of the molecule is Cc1ccc(N2C(=O)/C(=C\c3ccc(-c4ccc(Cl)c([N+](=O)[O-])c4)o3)SC2=S)cc1C. The van der Waals surface area contributed by atoms with Gasteiger partial charge in [-0.1, -0.05) is 41.6 Å². The summed E-state index contributed by atoms with van der Waals surface area (Å²) in [7, 11) is 0. The molecular weight excluding hydrogens is 456 g/mol. The molecule has 31 heavy (non-hydrogen) atoms. The first kappa shape index (κ1) is 21.3. The number of nitrogens with zero attached hydrogens (tertiary/aromatic N) is 2. The normalized spacial score (nSPS) is 15.2. The van der Waals surface area contributed by atoms with Crippen LogP contribution < -0.4 is 4.90 Å². The number of anilines is 1. The van der Waals surface area contributed by atoms with E-state index in [0.29, 0.717) is 26.3 Å². The molecule has 6 nitrogen and oxygen atoms in total. The van der Waals surface area contributed by atoms with E-state index in [1.807, 2.05) is 32.0 Å². The van der Waals surface area contributed by atoms with Crippen molar-refractivity contribution in [2.75, 3.05) is 4.90 Å². The zero-order valence-electron chi connectivity index (χ0n) is 16.4. The first-order chi connectivity index (χ1) is 14.7. The maximum absolute atomic E-state index is 13.0. The standard InChI is InChI=1S/C22H15ClN2O4S2/c1-12-3-5-15(9-13(12)2)24-21(26)20(31-22(24)30)11-16-6-8-19(29-16)14-4-7-17(23)18(10-14)25(27)28/h3-11H,1-2H3/b20-11+. The van der Waals surface area contributed by atoms with Crippen LogP contribution in [0.3, 0.4) is 0 Å². The highest BCUT2D eigenvalue weighted by atomic mass is 35.5. The van der Waals surface area contributed by atoms with Crippen LogP contribution in [0.4, 0.5) is 11.4 Å². The number of nitro groups is 1. The van der Waals surface area contributed by atoms with E-state index in [9.17, 15) is 14.9 Å². The fourth-order valence-corrected chi connectivity index (χ4v) is 4.54. The molecule has 156 valence electrons. The Hall–Kier alpha value is -2.94. The van der Waals surface area contributed by atoms with Crippen molar-refractivity contribution < 1.29 is 14.1 Å². The minimum atomic E-state index is -0.548. The van der Waals surface area contributed by atoms with Gasteiger partial charge in [0.15, 0.2) is 4.32 Å². The number of hydrogen-bond donors (Lipinski definition) is 0. The lowest BCUT2D eigenvalue weighted by atomic mass is 10.1. The van der Waals surface area contributed by atoms with Crippen molar-refractivity contribution in [3.63, 3.8) is 0 Å². The van der Waals surface area contributed by atoms with Gasteiger partial charge < -0.3 is 4.42 Å². The number of carbonyl (C=O) groups excluding carboxylic acids is 1. The minimum Gasteiger partial charge on any atom is -0.457 e. The van der Waals surface area contributed by atoms with Crippen LogP contribution in [0.1, 0.15) is 16.9 Å². The summed E-state index contributed by atoms with van der Waals surface area (Å²) in [6.45, 7) is 3.99. The van der Waals surface area contributed by atoms with Crippen molar-refractivity contribution in [2.24, 2.45) is 0 Å². The van der Waals surface area contributed by atoms with Crippen LogP contribution in [0.5, 0.6) is 0 Å². The van der Waals surface area contributed by atoms with Crippen LogP contribution in [-0.4, -0.2) is 15.2 Å². The molecule has 0 bridgehead atoms. The van der Waals surface area contributed by atoms with E-state index in [2.05, 4.69) is 0 Å². The molecule has 1 aromatic heterocycles. The van der Waals surface area contributed by atoms with Gasteiger partial charge in [-0.3, -0.25) is 19.8 Å². The van der Waals surface area contributed by atoms with E-state index in [0.717, 1.165) is 16.8 Å². The van der Waals surface area contributed by atoms with Crippen LogP contribution in [-0.2, 0) is 4.79 Å². The summed E-state index contributed by atoms with van der Waals surface area (Å²) in [6.07, 6.45) is 1.62. The molecule has 0 N–H and O–H groups in total. The summed E-state index contributed by atoms with van der Waals surface area (Å²) < 4.78 is 6.24. The molecule has 2 aromatic carbocycles. The number of hydrogen-bond acceptors (Lipinski definition) is 6. The zero-order chi connectivity index (χ0) is 22.3. The predicted octanol–water partition coefficient (Wildman–Crippen LogP) is 6.53. The second-order valence-corrected chi connectivity index (χ2v) is 8.99. The van der Waals surface area contributed by atoms with Gasteiger partial charge in [-0.05, 0) is 61.4 Å². The maximum Gasteiger partial charge on any atom is 0.288 e. The molecule has 4 rings (SSSR count). The van der Waals surface area contributed by atoms with Crippen molar-refractivity contribution in [1.29, 1.82) is 0 Å². The first-order valence-corrected chi connectivity index (χ1v) is 10.7. The largest absolute Gasteiger partial charge is 0.457 e. The molecule has 3 aromatic rings. The van der Waals surface area contributed by atoms with Crippen LogP contribution in [0.25, 0.3) is 17.4 Å². The minimum absolute atomic E-state index is 0.0514. The molecule has 1 fully saturated rings. The van der Waals surface area contributed by atoms with Crippen LogP contribution in [0.15, 0.2) is 57.9 Å². The highest BCUT2D eigenvalue weighted by Gasteiger charge is 2.33. The summed E-state index contributed by atoms with van der Waals surface area (Å²) in [5, 5.41) is 11.2. The molecule has 0 radical (unpaired) electrons. The number of rotatable bonds is 4. The van der Waals surface area contributed by atoms with E-state index in [1.54, 1.807) is 24.3 Å². The van der Waals surface area contributed by atoms with Gasteiger partial charge in [-0.25, -0.2) is 0 Å². The van der Waals surface area contributed by atoms with Gasteiger partial charge in [0, 0.05) is 17.7 Å². The number of carbonyl (C=O) groups is 1. The molecule has 0 unspecified atom stereocenters. The molecular formula is C22H15ClN2O4S2. The van der Waals surface area contributed by atoms with E-state index in [1.165, 1.54) is 28.8 Å². The molecule has 0 spiro atoms. The fourth-order valence-electron chi connectivity index (χ4n) is 3.08. The number of aryl methyl sites for hydroxylation is 2. The number of halogens is 1. The Morgan fingerprint density at radius 3 is 2.61 bits per heavy atom. The van der Waals surface area contributed by atoms with Gasteiger partial charge in [0.1, 0.15) is 16.5 Å². The Morgan fingerprint density at radius 1 is 1.13 bits per heavy atom. The summed E-state index contributed by atoms with van der Waals surface area (Å²) in [6, 6.07) is 13.6. The summed E-state index contributed by atoms with van der Waals surface area (Å²) in [4.78, 5) is 25.5. The summed E-state index contributed by atoms with van der Waals surface area (Å²) >= 11 is 12.5. The number of amides is 1. The Kier molecular flexibility index (Phi) is 5.70. The van der Waals surface area contributed by atoms with Gasteiger partial charge in [-0.2, -0.15) is 0 Å². The number of nitro benzene ring substituents is 1. The topological polar surface area (TPSA) is 76.6 Å². The maximum atomic E-state index is 13.0. The highest BCUT2D eigenvalue weighted by Crippen LogP contribution is 2.37. The molecule has 1 aliphatic heterocycles. The quantitative estimate of drug-likeness (QED) is 0.187. The van der Waals surface area contributed by atoms with Crippen LogP contribution >= 0.6 is 35.6 Å². The van der Waals surface area contributed by atoms with Gasteiger partial charge in [-0.15, -0.1) is 0 Å². The molecule has 0 saturated carbocycles. The predicted molar refractivity (Wildman–Crippen MR) is 127 cm³/mol. The third-order valence-corrected chi connectivity index (χ3v) is 6.49. The Bertz CT molecular complexity index is 1280. The molecule has 2 heterocycles. The lowest BCUT2D eigenvalue weighted by Crippen LogP contribution is -2.27. The number of thioether (sulfide) groups is 1. The van der Waals surface area contributed by atoms with Crippen LogP contribution in [0.2, 0.25) is 5.02 Å². The monoisotopic (exact) mass is 470 g/mol. The summed E-state index contributed by atoms with van der Waals surface area (Å²) in [5.41, 5.74) is 3.24. The van der Waals surface area contributed by atoms with Crippen molar-refractivity contribution in [2.45, 2.75) is 13.8 Å². The van der Waals surface area contributed by atoms with Crippen molar-refractivity contribution >= 4 is 63.3 Å². The molecule has 1 amide bonds. The van der Waals surface area contributed by atoms with Crippen molar-refractivity contribution in [1.82, 2.24) is 0 Å². The molecule has 9 heteroatoms. The van der Waals surface area contributed by atoms with Crippen molar-refractivity contribution in [3.05, 3.63) is 85.5 Å². The van der Waals surface area contributed by atoms with E-state index < -0.39 is 4.92 Å². The van der Waals surface area contributed by atoms with E-state index in [-0.39, 0.29) is 16.6 Å². The third-order valence-electron chi connectivity index (χ3n) is 4.87. The Balaban J connectivity index is 1.62. The second kappa shape index (κ2) is 8.30. The van der Waals surface area contributed by atoms with Gasteiger partial charge in [0.2, 0.25) is 0 Å². The lowest BCUT2D eigenvalue weighted by Gasteiger charge is -2.15. The zero-order valence-corrected chi connectivity index (χ0v) is 18.8. The molecule has 0 atom stereocenters. The van der Waals surface area contributed by atoms with Gasteiger partial charge in [0.25, 0.3) is 11.6 Å². The Labute approximate surface area is 192 Å². The fraction of sp³-hybridized carbons (Fsp3) is 0.0909. The van der Waals surface area contributed by atoms with E-state index in [4.69, 9.17) is 28.2 Å². The van der Waals surface area contributed by atoms with Crippen LogP contribution in [0, 0.1) is 24.0 Å². The smallest absolute Gasteiger partial charge is 0.288 e. The average molecular weight is 471 g/mol. The highest BCUT2D eigenvalue weighted by molar-refractivity contribution is 8.27. The lowest BCUT2D eigenvalue weighted by molar-refractivity contribution is -0.384. The molecule has 1 saturated heterocycles. The third kappa shape index (κ3) is 4.14. The Morgan fingerprint density at radius 2 is 1.90 bits per heavy atom. The first-order valence-electron chi connectivity index (χ1n) is 9.14.